The van der Waals surface area contributed by atoms with Crippen LogP contribution in [0.25, 0.3) is 0 Å². The van der Waals surface area contributed by atoms with Crippen LogP contribution in [0.3, 0.4) is 0 Å². The van der Waals surface area contributed by atoms with Gasteiger partial charge in [0.15, 0.2) is 0 Å². The molecular formula is C29H29NO3. The molecule has 4 heteroatoms. The fourth-order valence-corrected chi connectivity index (χ4v) is 4.11. The predicted octanol–water partition coefficient (Wildman–Crippen LogP) is 5.67. The highest BCUT2D eigenvalue weighted by Crippen LogP contribution is 2.42. The van der Waals surface area contributed by atoms with Crippen molar-refractivity contribution in [2.24, 2.45) is 5.73 Å². The molecule has 0 saturated heterocycles. The van der Waals surface area contributed by atoms with E-state index in [1.165, 1.54) is 0 Å². The van der Waals surface area contributed by atoms with Gasteiger partial charge in [0.2, 0.25) is 0 Å². The first kappa shape index (κ1) is 22.6. The summed E-state index contributed by atoms with van der Waals surface area (Å²) in [5.74, 6) is 1.59. The lowest BCUT2D eigenvalue weighted by molar-refractivity contribution is 0.000169. The molecule has 0 radical (unpaired) electrons. The monoisotopic (exact) mass is 439 g/mol. The molecule has 33 heavy (non-hydrogen) atoms. The van der Waals surface area contributed by atoms with Crippen LogP contribution in [0.15, 0.2) is 103 Å². The number of benzene rings is 4. The molecule has 0 aliphatic heterocycles. The average Bonchev–Trinajstić information content (AvgIpc) is 2.90. The third kappa shape index (κ3) is 4.77. The maximum Gasteiger partial charge on any atom is 0.144 e. The van der Waals surface area contributed by atoms with Crippen molar-refractivity contribution in [2.75, 3.05) is 14.2 Å². The Morgan fingerprint density at radius 3 is 1.64 bits per heavy atom. The number of ether oxygens (including phenoxy) is 3. The topological polar surface area (TPSA) is 53.7 Å². The van der Waals surface area contributed by atoms with E-state index < -0.39 is 5.60 Å². The molecule has 0 heterocycles. The lowest BCUT2D eigenvalue weighted by Crippen LogP contribution is -2.32. The summed E-state index contributed by atoms with van der Waals surface area (Å²) < 4.78 is 17.7. The predicted molar refractivity (Wildman–Crippen MR) is 131 cm³/mol. The van der Waals surface area contributed by atoms with Crippen LogP contribution in [0.1, 0.15) is 27.8 Å². The first-order valence-corrected chi connectivity index (χ1v) is 11.0. The molecule has 4 aromatic rings. The van der Waals surface area contributed by atoms with Crippen molar-refractivity contribution < 1.29 is 14.2 Å². The van der Waals surface area contributed by atoms with Crippen molar-refractivity contribution in [3.63, 3.8) is 0 Å². The van der Waals surface area contributed by atoms with Crippen LogP contribution in [0, 0.1) is 0 Å². The summed E-state index contributed by atoms with van der Waals surface area (Å²) in [6.07, 6.45) is 0. The summed E-state index contributed by atoms with van der Waals surface area (Å²) in [5.41, 5.74) is 10.2. The largest absolute Gasteiger partial charge is 0.497 e. The Morgan fingerprint density at radius 1 is 0.606 bits per heavy atom. The molecular weight excluding hydrogens is 410 g/mol. The molecule has 0 aliphatic carbocycles. The number of nitrogens with two attached hydrogens (primary N) is 1. The molecule has 4 nitrogen and oxygen atoms in total. The van der Waals surface area contributed by atoms with Crippen LogP contribution in [-0.4, -0.2) is 14.2 Å². The third-order valence-corrected chi connectivity index (χ3v) is 5.86. The van der Waals surface area contributed by atoms with E-state index in [2.05, 4.69) is 48.5 Å². The van der Waals surface area contributed by atoms with E-state index in [9.17, 15) is 0 Å². The van der Waals surface area contributed by atoms with Gasteiger partial charge in [-0.15, -0.1) is 0 Å². The second-order valence-electron chi connectivity index (χ2n) is 7.82. The van der Waals surface area contributed by atoms with Crippen molar-refractivity contribution >= 4 is 0 Å². The molecule has 0 fully saturated rings. The Kier molecular flexibility index (Phi) is 7.08. The van der Waals surface area contributed by atoms with Gasteiger partial charge in [-0.25, -0.2) is 0 Å². The fraction of sp³-hybridized carbons (Fsp3) is 0.172. The standard InChI is InChI=1S/C29H29NO3/c1-31-27-15-11-25(12-16-27)29(24-9-4-3-5-10-24,26-13-17-28(32-2)18-14-26)33-21-23-8-6-7-22(19-23)20-30/h3-19H,20-21,30H2,1-2H3. The van der Waals surface area contributed by atoms with Crippen LogP contribution in [0.4, 0.5) is 0 Å². The van der Waals surface area contributed by atoms with Crippen LogP contribution in [0.2, 0.25) is 0 Å². The molecule has 2 N–H and O–H groups in total. The molecule has 0 bridgehead atoms. The lowest BCUT2D eigenvalue weighted by Gasteiger charge is -2.36. The molecule has 4 aromatic carbocycles. The lowest BCUT2D eigenvalue weighted by atomic mass is 9.80. The van der Waals surface area contributed by atoms with Crippen molar-refractivity contribution in [2.45, 2.75) is 18.8 Å². The summed E-state index contributed by atoms with van der Waals surface area (Å²) in [7, 11) is 3.34. The van der Waals surface area contributed by atoms with Gasteiger partial charge in [0, 0.05) is 6.54 Å². The van der Waals surface area contributed by atoms with Crippen LogP contribution in [-0.2, 0) is 23.5 Å². The molecule has 0 amide bonds. The van der Waals surface area contributed by atoms with Crippen LogP contribution < -0.4 is 15.2 Å². The van der Waals surface area contributed by atoms with Crippen LogP contribution in [0.5, 0.6) is 11.5 Å². The van der Waals surface area contributed by atoms with Crippen molar-refractivity contribution in [3.05, 3.63) is 131 Å². The van der Waals surface area contributed by atoms with Gasteiger partial charge in [0.1, 0.15) is 17.1 Å². The first-order chi connectivity index (χ1) is 16.2. The van der Waals surface area contributed by atoms with E-state index in [0.717, 1.165) is 39.3 Å². The Hall–Kier alpha value is -3.60. The van der Waals surface area contributed by atoms with Crippen molar-refractivity contribution in [1.82, 2.24) is 0 Å². The molecule has 0 aromatic heterocycles. The van der Waals surface area contributed by atoms with Crippen molar-refractivity contribution in [3.8, 4) is 11.5 Å². The maximum absolute atomic E-state index is 6.90. The second-order valence-corrected chi connectivity index (χ2v) is 7.82. The Labute approximate surface area is 195 Å². The normalized spacial score (nSPS) is 11.2. The second kappa shape index (κ2) is 10.3. The van der Waals surface area contributed by atoms with Gasteiger partial charge >= 0.3 is 0 Å². The van der Waals surface area contributed by atoms with Gasteiger partial charge in [-0.3, -0.25) is 0 Å². The first-order valence-electron chi connectivity index (χ1n) is 11.0. The van der Waals surface area contributed by atoms with E-state index in [1.807, 2.05) is 54.6 Å². The minimum Gasteiger partial charge on any atom is -0.497 e. The highest BCUT2D eigenvalue weighted by atomic mass is 16.5. The maximum atomic E-state index is 6.90. The van der Waals surface area contributed by atoms with Crippen LogP contribution >= 0.6 is 0 Å². The van der Waals surface area contributed by atoms with E-state index in [-0.39, 0.29) is 0 Å². The number of methoxy groups -OCH3 is 2. The van der Waals surface area contributed by atoms with Crippen molar-refractivity contribution in [1.29, 1.82) is 0 Å². The molecule has 0 unspecified atom stereocenters. The van der Waals surface area contributed by atoms with E-state index in [1.54, 1.807) is 14.2 Å². The van der Waals surface area contributed by atoms with Gasteiger partial charge in [-0.2, -0.15) is 0 Å². The molecule has 4 rings (SSSR count). The quantitative estimate of drug-likeness (QED) is 0.341. The zero-order valence-corrected chi connectivity index (χ0v) is 19.0. The summed E-state index contributed by atoms with van der Waals surface area (Å²) in [4.78, 5) is 0. The highest BCUT2D eigenvalue weighted by Gasteiger charge is 2.37. The summed E-state index contributed by atoms with van der Waals surface area (Å²) in [6.45, 7) is 0.912. The summed E-state index contributed by atoms with van der Waals surface area (Å²) in [6, 6.07) is 34.6. The minimum absolute atomic E-state index is 0.417. The van der Waals surface area contributed by atoms with E-state index in [4.69, 9.17) is 19.9 Å². The molecule has 0 spiro atoms. The van der Waals surface area contributed by atoms with Gasteiger partial charge in [-0.1, -0.05) is 78.9 Å². The number of hydrogen-bond acceptors (Lipinski definition) is 4. The molecule has 0 saturated carbocycles. The smallest absolute Gasteiger partial charge is 0.144 e. The van der Waals surface area contributed by atoms with Gasteiger partial charge < -0.3 is 19.9 Å². The van der Waals surface area contributed by atoms with Gasteiger partial charge in [0.05, 0.1) is 20.8 Å². The Balaban J connectivity index is 1.87. The minimum atomic E-state index is -0.835. The number of hydrogen-bond donors (Lipinski definition) is 1. The fourth-order valence-electron chi connectivity index (χ4n) is 4.11. The van der Waals surface area contributed by atoms with Gasteiger partial charge in [-0.05, 0) is 52.1 Å². The zero-order chi connectivity index (χ0) is 23.1. The van der Waals surface area contributed by atoms with E-state index >= 15 is 0 Å². The molecule has 0 atom stereocenters. The third-order valence-electron chi connectivity index (χ3n) is 5.86. The molecule has 0 aliphatic rings. The molecule has 168 valence electrons. The van der Waals surface area contributed by atoms with E-state index in [0.29, 0.717) is 13.2 Å². The summed E-state index contributed by atoms with van der Waals surface area (Å²) >= 11 is 0. The zero-order valence-electron chi connectivity index (χ0n) is 19.0. The Bertz CT molecular complexity index is 1110. The van der Waals surface area contributed by atoms with Gasteiger partial charge in [0.25, 0.3) is 0 Å². The Morgan fingerprint density at radius 2 is 1.12 bits per heavy atom. The highest BCUT2D eigenvalue weighted by molar-refractivity contribution is 5.49. The average molecular weight is 440 g/mol. The summed E-state index contributed by atoms with van der Waals surface area (Å²) in [5, 5.41) is 0. The number of rotatable bonds is 9. The SMILES string of the molecule is COc1ccc(C(OCc2cccc(CN)c2)(c2ccccc2)c2ccc(OC)cc2)cc1.